The molecule has 0 spiro atoms. The highest BCUT2D eigenvalue weighted by Crippen LogP contribution is 2.39. The fraction of sp³-hybridized carbons (Fsp3) is 0.429. The van der Waals surface area contributed by atoms with Gasteiger partial charge in [0.15, 0.2) is 5.82 Å². The van der Waals surface area contributed by atoms with Crippen LogP contribution in [0.1, 0.15) is 54.1 Å². The molecule has 1 saturated carbocycles. The van der Waals surface area contributed by atoms with E-state index >= 15 is 0 Å². The Balaban J connectivity index is 1.38. The average Bonchev–Trinajstić information content (AvgIpc) is 3.51. The van der Waals surface area contributed by atoms with Crippen molar-refractivity contribution < 1.29 is 4.79 Å². The van der Waals surface area contributed by atoms with Gasteiger partial charge in [0.2, 0.25) is 0 Å². The number of fused-ring (bicyclic) bond motifs is 1. The molecule has 2 atom stereocenters. The Morgan fingerprint density at radius 2 is 1.89 bits per heavy atom. The topological polar surface area (TPSA) is 95.1 Å². The maximum atomic E-state index is 13.4. The molecule has 2 aliphatic heterocycles. The van der Waals surface area contributed by atoms with Crippen molar-refractivity contribution in [3.05, 3.63) is 53.6 Å². The first-order valence-electron chi connectivity index (χ1n) is 13.0. The number of benzene rings is 2. The molecular weight excluding hydrogens is 436 g/mol. The zero-order valence-electron chi connectivity index (χ0n) is 20.0. The first kappa shape index (κ1) is 21.1. The van der Waals surface area contributed by atoms with Crippen molar-refractivity contribution in [2.24, 2.45) is 17.4 Å². The molecule has 3 aliphatic rings. The minimum absolute atomic E-state index is 0.0371. The molecule has 1 unspecified atom stereocenters. The molecule has 7 nitrogen and oxygen atoms in total. The van der Waals surface area contributed by atoms with Crippen molar-refractivity contribution in [1.82, 2.24) is 19.0 Å². The molecule has 180 valence electrons. The van der Waals surface area contributed by atoms with Gasteiger partial charge in [0.05, 0.1) is 16.7 Å². The first-order chi connectivity index (χ1) is 17.1. The number of hydrogen-bond acceptors (Lipinski definition) is 4. The molecule has 2 fully saturated rings. The number of nitrogens with zero attached hydrogens (tertiary/aromatic N) is 4. The number of carbonyl (C=O) groups is 1. The monoisotopic (exact) mass is 468 g/mol. The van der Waals surface area contributed by atoms with Crippen LogP contribution in [0.5, 0.6) is 0 Å². The van der Waals surface area contributed by atoms with E-state index in [0.717, 1.165) is 72.9 Å². The number of para-hydroxylation sites is 1. The normalized spacial score (nSPS) is 22.3. The molecule has 1 saturated heterocycles. The smallest absolute Gasteiger partial charge is 0.253 e. The van der Waals surface area contributed by atoms with Crippen molar-refractivity contribution >= 4 is 27.8 Å². The van der Waals surface area contributed by atoms with Crippen LogP contribution in [-0.2, 0) is 13.1 Å². The minimum Gasteiger partial charge on any atom is -0.338 e. The molecule has 7 heteroatoms. The van der Waals surface area contributed by atoms with Crippen LogP contribution in [0.3, 0.4) is 0 Å². The Kier molecular flexibility index (Phi) is 4.79. The number of nitrogens with two attached hydrogens (primary N) is 2. The second-order valence-electron chi connectivity index (χ2n) is 10.7. The van der Waals surface area contributed by atoms with Gasteiger partial charge in [-0.15, -0.1) is 0 Å². The van der Waals surface area contributed by atoms with Gasteiger partial charge in [-0.25, -0.2) is 4.98 Å². The van der Waals surface area contributed by atoms with Gasteiger partial charge >= 0.3 is 0 Å². The molecule has 1 aliphatic carbocycles. The largest absolute Gasteiger partial charge is 0.338 e. The van der Waals surface area contributed by atoms with Gasteiger partial charge in [-0.3, -0.25) is 4.79 Å². The van der Waals surface area contributed by atoms with Crippen LogP contribution in [0.2, 0.25) is 0 Å². The second-order valence-corrected chi connectivity index (χ2v) is 10.7. The summed E-state index contributed by atoms with van der Waals surface area (Å²) in [4.78, 5) is 20.5. The number of hydrogen-bond donors (Lipinski definition) is 2. The molecule has 1 amide bonds. The number of imidazole rings is 1. The second kappa shape index (κ2) is 7.93. The van der Waals surface area contributed by atoms with E-state index in [-0.39, 0.29) is 18.0 Å². The summed E-state index contributed by atoms with van der Waals surface area (Å²) in [6, 6.07) is 14.8. The Morgan fingerprint density at radius 3 is 2.71 bits per heavy atom. The Labute approximate surface area is 204 Å². The third-order valence-corrected chi connectivity index (χ3v) is 8.10. The third-order valence-electron chi connectivity index (χ3n) is 8.10. The van der Waals surface area contributed by atoms with Crippen molar-refractivity contribution in [3.63, 3.8) is 0 Å². The van der Waals surface area contributed by atoms with Gasteiger partial charge in [0, 0.05) is 54.7 Å². The van der Waals surface area contributed by atoms with Gasteiger partial charge in [-0.05, 0) is 67.9 Å². The van der Waals surface area contributed by atoms with Crippen LogP contribution in [0.15, 0.2) is 42.5 Å². The summed E-state index contributed by atoms with van der Waals surface area (Å²) < 4.78 is 4.78. The maximum Gasteiger partial charge on any atom is 0.253 e. The highest BCUT2D eigenvalue weighted by atomic mass is 16.2. The Bertz CT molecular complexity index is 1460. The molecule has 2 aromatic heterocycles. The summed E-state index contributed by atoms with van der Waals surface area (Å²) >= 11 is 0. The zero-order chi connectivity index (χ0) is 23.7. The molecule has 7 rings (SSSR count). The van der Waals surface area contributed by atoms with E-state index in [0.29, 0.717) is 12.1 Å². The van der Waals surface area contributed by atoms with E-state index in [1.807, 2.05) is 17.0 Å². The number of carbonyl (C=O) groups excluding carboxylic acids is 1. The maximum absolute atomic E-state index is 13.4. The van der Waals surface area contributed by atoms with Gasteiger partial charge < -0.3 is 25.5 Å². The van der Waals surface area contributed by atoms with E-state index < -0.39 is 0 Å². The summed E-state index contributed by atoms with van der Waals surface area (Å²) in [5.74, 6) is 1.77. The van der Waals surface area contributed by atoms with Gasteiger partial charge in [-0.2, -0.15) is 0 Å². The summed E-state index contributed by atoms with van der Waals surface area (Å²) in [6.07, 6.45) is 5.36. The molecule has 0 bridgehead atoms. The van der Waals surface area contributed by atoms with Crippen LogP contribution in [0, 0.1) is 5.92 Å². The summed E-state index contributed by atoms with van der Waals surface area (Å²) in [6.45, 7) is 3.22. The fourth-order valence-electron chi connectivity index (χ4n) is 6.07. The highest BCUT2D eigenvalue weighted by Gasteiger charge is 2.30. The van der Waals surface area contributed by atoms with Gasteiger partial charge in [0.1, 0.15) is 0 Å². The molecule has 2 aromatic carbocycles. The van der Waals surface area contributed by atoms with Crippen LogP contribution in [0.25, 0.3) is 33.5 Å². The highest BCUT2D eigenvalue weighted by molar-refractivity contribution is 5.99. The third kappa shape index (κ3) is 3.48. The predicted octanol–water partition coefficient (Wildman–Crippen LogP) is 4.03. The average molecular weight is 469 g/mol. The van der Waals surface area contributed by atoms with Crippen molar-refractivity contribution in [1.29, 1.82) is 0 Å². The van der Waals surface area contributed by atoms with Crippen LogP contribution in [0.4, 0.5) is 0 Å². The standard InChI is InChI=1S/C28H32N6O/c29-20-5-3-10-32(16-20)28(35)19-12-21-22(30)9-11-33-26(21)23(13-19)31-27(33)25-14-18-4-1-2-6-24(18)34(25)15-17-7-8-17/h1-2,4,6,12-14,17,20,22H,3,5,7-11,15-16,29-30H2/t20-,22?/m1/s1. The summed E-state index contributed by atoms with van der Waals surface area (Å²) in [7, 11) is 0. The summed E-state index contributed by atoms with van der Waals surface area (Å²) in [5.41, 5.74) is 18.8. The number of aryl methyl sites for hydroxylation is 1. The van der Waals surface area contributed by atoms with Crippen molar-refractivity contribution in [2.45, 2.75) is 57.3 Å². The van der Waals surface area contributed by atoms with Crippen LogP contribution >= 0.6 is 0 Å². The fourth-order valence-corrected chi connectivity index (χ4v) is 6.07. The molecule has 0 radical (unpaired) electrons. The zero-order valence-corrected chi connectivity index (χ0v) is 20.0. The van der Waals surface area contributed by atoms with E-state index in [2.05, 4.69) is 39.5 Å². The lowest BCUT2D eigenvalue weighted by atomic mass is 9.96. The quantitative estimate of drug-likeness (QED) is 0.473. The predicted molar refractivity (Wildman–Crippen MR) is 138 cm³/mol. The lowest BCUT2D eigenvalue weighted by molar-refractivity contribution is 0.0709. The number of piperidine rings is 1. The number of likely N-dealkylation sites (tertiary alicyclic amines) is 1. The van der Waals surface area contributed by atoms with Crippen LogP contribution < -0.4 is 11.5 Å². The number of aromatic nitrogens is 3. The van der Waals surface area contributed by atoms with E-state index in [4.69, 9.17) is 16.5 Å². The molecule has 4 aromatic rings. The SMILES string of the molecule is NC1CCn2c(-c3cc4ccccc4n3CC3CC3)nc3cc(C(=O)N4CCC[C@@H](N)C4)cc1c32. The number of amides is 1. The van der Waals surface area contributed by atoms with E-state index in [1.54, 1.807) is 0 Å². The number of rotatable bonds is 4. The lowest BCUT2D eigenvalue weighted by Gasteiger charge is -2.31. The molecule has 4 heterocycles. The van der Waals surface area contributed by atoms with Crippen molar-refractivity contribution in [3.8, 4) is 11.5 Å². The Morgan fingerprint density at radius 1 is 1.03 bits per heavy atom. The molecule has 35 heavy (non-hydrogen) atoms. The van der Waals surface area contributed by atoms with Gasteiger partial charge in [-0.1, -0.05) is 18.2 Å². The lowest BCUT2D eigenvalue weighted by Crippen LogP contribution is -2.45. The van der Waals surface area contributed by atoms with Gasteiger partial charge in [0.25, 0.3) is 5.91 Å². The van der Waals surface area contributed by atoms with E-state index in [9.17, 15) is 4.79 Å². The molecule has 4 N–H and O–H groups in total. The van der Waals surface area contributed by atoms with E-state index in [1.165, 1.54) is 23.7 Å². The summed E-state index contributed by atoms with van der Waals surface area (Å²) in [5, 5.41) is 1.24. The van der Waals surface area contributed by atoms with Crippen molar-refractivity contribution in [2.75, 3.05) is 13.1 Å². The minimum atomic E-state index is -0.0942. The Hall–Kier alpha value is -3.16. The van der Waals surface area contributed by atoms with Crippen LogP contribution in [-0.4, -0.2) is 44.1 Å². The molecular formula is C28H32N6O. The first-order valence-corrected chi connectivity index (χ1v) is 13.0.